The van der Waals surface area contributed by atoms with E-state index in [9.17, 15) is 0 Å². The maximum absolute atomic E-state index is 8.89. The van der Waals surface area contributed by atoms with Crippen LogP contribution in [-0.4, -0.2) is 11.7 Å². The number of nitrogens with two attached hydrogens (primary N) is 1. The van der Waals surface area contributed by atoms with Crippen LogP contribution in [0.5, 0.6) is 0 Å². The molecule has 0 bridgehead atoms. The number of thiophene rings is 1. The van der Waals surface area contributed by atoms with Crippen LogP contribution in [0, 0.1) is 0 Å². The van der Waals surface area contributed by atoms with Gasteiger partial charge in [0, 0.05) is 16.8 Å². The molecule has 16 heavy (non-hydrogen) atoms. The third-order valence-electron chi connectivity index (χ3n) is 2.95. The number of benzene rings is 1. The van der Waals surface area contributed by atoms with E-state index in [2.05, 4.69) is 17.5 Å². The molecular formula is C13H17NOS. The second kappa shape index (κ2) is 4.53. The molecule has 0 aliphatic rings. The highest BCUT2D eigenvalue weighted by atomic mass is 32.1. The first-order valence-electron chi connectivity index (χ1n) is 5.51. The largest absolute Gasteiger partial charge is 0.396 e. The van der Waals surface area contributed by atoms with E-state index in [-0.39, 0.29) is 12.1 Å². The molecule has 0 spiro atoms. The molecule has 0 fully saturated rings. The first kappa shape index (κ1) is 11.6. The Bertz CT molecular complexity index is 475. The molecule has 2 aromatic rings. The molecule has 1 aromatic carbocycles. The van der Waals surface area contributed by atoms with E-state index in [0.29, 0.717) is 0 Å². The van der Waals surface area contributed by atoms with Crippen LogP contribution in [0.1, 0.15) is 25.3 Å². The molecule has 1 heterocycles. The highest BCUT2D eigenvalue weighted by Crippen LogP contribution is 2.34. The molecule has 0 saturated carbocycles. The predicted molar refractivity (Wildman–Crippen MR) is 69.7 cm³/mol. The van der Waals surface area contributed by atoms with Crippen molar-refractivity contribution in [2.75, 3.05) is 6.61 Å². The van der Waals surface area contributed by atoms with Crippen molar-refractivity contribution in [2.24, 2.45) is 5.73 Å². The Morgan fingerprint density at radius 2 is 2.12 bits per heavy atom. The fraction of sp³-hybridized carbons (Fsp3) is 0.385. The lowest BCUT2D eigenvalue weighted by molar-refractivity contribution is 0.266. The zero-order valence-electron chi connectivity index (χ0n) is 9.44. The Labute approximate surface area is 99.7 Å². The van der Waals surface area contributed by atoms with Crippen LogP contribution in [0.3, 0.4) is 0 Å². The first-order chi connectivity index (χ1) is 7.65. The minimum atomic E-state index is -0.345. The summed E-state index contributed by atoms with van der Waals surface area (Å²) in [5.74, 6) is 0. The van der Waals surface area contributed by atoms with Gasteiger partial charge in [-0.05, 0) is 42.2 Å². The molecule has 2 rings (SSSR count). The molecule has 1 unspecified atom stereocenters. The summed E-state index contributed by atoms with van der Waals surface area (Å²) in [4.78, 5) is 0. The van der Waals surface area contributed by atoms with E-state index in [1.54, 1.807) is 11.3 Å². The molecule has 3 N–H and O–H groups in total. The van der Waals surface area contributed by atoms with E-state index in [1.807, 2.05) is 19.1 Å². The van der Waals surface area contributed by atoms with Crippen LogP contribution < -0.4 is 5.73 Å². The molecular weight excluding hydrogens is 218 g/mol. The summed E-state index contributed by atoms with van der Waals surface area (Å²) >= 11 is 1.73. The summed E-state index contributed by atoms with van der Waals surface area (Å²) in [7, 11) is 0. The molecule has 0 aliphatic heterocycles. The van der Waals surface area contributed by atoms with E-state index in [1.165, 1.54) is 15.6 Å². The van der Waals surface area contributed by atoms with E-state index in [4.69, 9.17) is 10.8 Å². The lowest BCUT2D eigenvalue weighted by Gasteiger charge is -2.24. The number of fused-ring (bicyclic) bond motifs is 1. The molecule has 0 aliphatic carbocycles. The van der Waals surface area contributed by atoms with E-state index >= 15 is 0 Å². The zero-order chi connectivity index (χ0) is 11.6. The maximum Gasteiger partial charge on any atom is 0.0431 e. The summed E-state index contributed by atoms with van der Waals surface area (Å²) in [6, 6.07) is 8.32. The lowest BCUT2D eigenvalue weighted by atomic mass is 9.88. The number of aliphatic hydroxyl groups excluding tert-OH is 1. The van der Waals surface area contributed by atoms with Crippen LogP contribution in [0.4, 0.5) is 0 Å². The Morgan fingerprint density at radius 3 is 2.88 bits per heavy atom. The van der Waals surface area contributed by atoms with Crippen molar-refractivity contribution in [1.29, 1.82) is 0 Å². The third kappa shape index (κ3) is 2.12. The van der Waals surface area contributed by atoms with Gasteiger partial charge in [0.15, 0.2) is 0 Å². The van der Waals surface area contributed by atoms with Crippen LogP contribution in [0.15, 0.2) is 29.6 Å². The van der Waals surface area contributed by atoms with Gasteiger partial charge in [-0.1, -0.05) is 18.2 Å². The fourth-order valence-electron chi connectivity index (χ4n) is 2.00. The maximum atomic E-state index is 8.89. The van der Waals surface area contributed by atoms with Gasteiger partial charge in [-0.2, -0.15) is 0 Å². The van der Waals surface area contributed by atoms with E-state index < -0.39 is 0 Å². The molecule has 3 heteroatoms. The smallest absolute Gasteiger partial charge is 0.0431 e. The minimum Gasteiger partial charge on any atom is -0.396 e. The SMILES string of the molecule is CC(N)(CCCO)c1csc2ccccc12. The normalized spacial score (nSPS) is 15.2. The second-order valence-corrected chi connectivity index (χ2v) is 5.30. The molecule has 1 atom stereocenters. The van der Waals surface area contributed by atoms with Crippen LogP contribution in [0.2, 0.25) is 0 Å². The second-order valence-electron chi connectivity index (χ2n) is 4.39. The average Bonchev–Trinajstić information content (AvgIpc) is 2.71. The van der Waals surface area contributed by atoms with Gasteiger partial charge in [0.05, 0.1) is 0 Å². The standard InChI is InChI=1S/C13H17NOS/c1-13(14,7-4-8-15)11-9-16-12-6-3-2-5-10(11)12/h2-3,5-6,9,15H,4,7-8,14H2,1H3. The lowest BCUT2D eigenvalue weighted by Crippen LogP contribution is -2.32. The molecule has 2 nitrogen and oxygen atoms in total. The molecule has 86 valence electrons. The topological polar surface area (TPSA) is 46.2 Å². The quantitative estimate of drug-likeness (QED) is 0.856. The monoisotopic (exact) mass is 235 g/mol. The average molecular weight is 235 g/mol. The predicted octanol–water partition coefficient (Wildman–Crippen LogP) is 2.85. The Morgan fingerprint density at radius 1 is 1.38 bits per heavy atom. The minimum absolute atomic E-state index is 0.203. The number of rotatable bonds is 4. The molecule has 1 aromatic heterocycles. The highest BCUT2D eigenvalue weighted by molar-refractivity contribution is 7.17. The molecule has 0 radical (unpaired) electrons. The first-order valence-corrected chi connectivity index (χ1v) is 6.39. The van der Waals surface area contributed by atoms with Gasteiger partial charge >= 0.3 is 0 Å². The van der Waals surface area contributed by atoms with Crippen LogP contribution in [-0.2, 0) is 5.54 Å². The van der Waals surface area contributed by atoms with Gasteiger partial charge in [-0.15, -0.1) is 11.3 Å². The molecule has 0 saturated heterocycles. The van der Waals surface area contributed by atoms with Crippen molar-refractivity contribution in [2.45, 2.75) is 25.3 Å². The number of aliphatic hydroxyl groups is 1. The number of hydrogen-bond donors (Lipinski definition) is 2. The molecule has 0 amide bonds. The Kier molecular flexibility index (Phi) is 3.28. The summed E-state index contributed by atoms with van der Waals surface area (Å²) in [5.41, 5.74) is 7.18. The summed E-state index contributed by atoms with van der Waals surface area (Å²) in [6.07, 6.45) is 1.56. The van der Waals surface area contributed by atoms with Crippen molar-refractivity contribution in [1.82, 2.24) is 0 Å². The van der Waals surface area contributed by atoms with Gasteiger partial charge in [0.2, 0.25) is 0 Å². The van der Waals surface area contributed by atoms with Crippen LogP contribution >= 0.6 is 11.3 Å². The van der Waals surface area contributed by atoms with Crippen molar-refractivity contribution in [3.05, 3.63) is 35.2 Å². The summed E-state index contributed by atoms with van der Waals surface area (Å²) in [6.45, 7) is 2.24. The van der Waals surface area contributed by atoms with E-state index in [0.717, 1.165) is 12.8 Å². The van der Waals surface area contributed by atoms with Crippen molar-refractivity contribution in [3.63, 3.8) is 0 Å². The Balaban J connectivity index is 2.38. The van der Waals surface area contributed by atoms with Crippen molar-refractivity contribution >= 4 is 21.4 Å². The van der Waals surface area contributed by atoms with Gasteiger partial charge in [0.25, 0.3) is 0 Å². The van der Waals surface area contributed by atoms with Gasteiger partial charge in [0.1, 0.15) is 0 Å². The third-order valence-corrected chi connectivity index (χ3v) is 3.91. The highest BCUT2D eigenvalue weighted by Gasteiger charge is 2.23. The summed E-state index contributed by atoms with van der Waals surface area (Å²) < 4.78 is 1.28. The van der Waals surface area contributed by atoms with Gasteiger partial charge < -0.3 is 10.8 Å². The Hall–Kier alpha value is -0.900. The van der Waals surface area contributed by atoms with Gasteiger partial charge in [-0.25, -0.2) is 0 Å². The number of hydrogen-bond acceptors (Lipinski definition) is 3. The van der Waals surface area contributed by atoms with Crippen LogP contribution in [0.25, 0.3) is 10.1 Å². The fourth-order valence-corrected chi connectivity index (χ4v) is 3.10. The van der Waals surface area contributed by atoms with Gasteiger partial charge in [-0.3, -0.25) is 0 Å². The van der Waals surface area contributed by atoms with Crippen molar-refractivity contribution in [3.8, 4) is 0 Å². The van der Waals surface area contributed by atoms with Crippen molar-refractivity contribution < 1.29 is 5.11 Å². The zero-order valence-corrected chi connectivity index (χ0v) is 10.3. The summed E-state index contributed by atoms with van der Waals surface area (Å²) in [5, 5.41) is 12.3.